The molecule has 2 aliphatic rings. The first kappa shape index (κ1) is 17.5. The predicted octanol–water partition coefficient (Wildman–Crippen LogP) is 4.53. The van der Waals surface area contributed by atoms with Crippen molar-refractivity contribution in [2.75, 3.05) is 7.11 Å². The van der Waals surface area contributed by atoms with E-state index in [1.807, 2.05) is 0 Å². The molecule has 2 rings (SSSR count). The second-order valence-corrected chi connectivity index (χ2v) is 7.40. The summed E-state index contributed by atoms with van der Waals surface area (Å²) < 4.78 is 4.60. The van der Waals surface area contributed by atoms with E-state index in [1.165, 1.54) is 58.5 Å². The van der Waals surface area contributed by atoms with Crippen LogP contribution in [0.15, 0.2) is 0 Å². The number of carbonyl (C=O) groups excluding carboxylic acids is 2. The van der Waals surface area contributed by atoms with Crippen LogP contribution >= 0.6 is 0 Å². The van der Waals surface area contributed by atoms with Gasteiger partial charge in [0.05, 0.1) is 7.11 Å². The first-order valence-electron chi connectivity index (χ1n) is 9.23. The molecule has 22 heavy (non-hydrogen) atoms. The first-order chi connectivity index (χ1) is 10.6. The van der Waals surface area contributed by atoms with Gasteiger partial charge in [0.1, 0.15) is 12.2 Å². The number of methoxy groups -OCH3 is 1. The molecule has 0 aromatic carbocycles. The van der Waals surface area contributed by atoms with Gasteiger partial charge in [-0.2, -0.15) is 0 Å². The average molecular weight is 308 g/mol. The molecular weight excluding hydrogens is 276 g/mol. The lowest BCUT2D eigenvalue weighted by atomic mass is 9.68. The first-order valence-corrected chi connectivity index (χ1v) is 9.23. The zero-order chi connectivity index (χ0) is 15.9. The van der Waals surface area contributed by atoms with Crippen LogP contribution in [0.25, 0.3) is 0 Å². The minimum absolute atomic E-state index is 0.0338. The number of carbonyl (C=O) groups is 2. The summed E-state index contributed by atoms with van der Waals surface area (Å²) >= 11 is 0. The van der Waals surface area contributed by atoms with Crippen molar-refractivity contribution in [1.82, 2.24) is 0 Å². The molecule has 0 aliphatic heterocycles. The zero-order valence-corrected chi connectivity index (χ0v) is 14.3. The van der Waals surface area contributed by atoms with Crippen molar-refractivity contribution in [3.05, 3.63) is 0 Å². The van der Waals surface area contributed by atoms with Crippen LogP contribution in [0.1, 0.15) is 77.6 Å². The van der Waals surface area contributed by atoms with Gasteiger partial charge in [0, 0.05) is 5.92 Å². The van der Waals surface area contributed by atoms with Crippen LogP contribution in [0.5, 0.6) is 0 Å². The summed E-state index contributed by atoms with van der Waals surface area (Å²) in [5.41, 5.74) is 0. The van der Waals surface area contributed by atoms with Crippen LogP contribution in [-0.2, 0) is 14.3 Å². The van der Waals surface area contributed by atoms with Crippen LogP contribution in [0, 0.1) is 23.7 Å². The van der Waals surface area contributed by atoms with E-state index in [-0.39, 0.29) is 24.1 Å². The smallest absolute Gasteiger partial charge is 0.313 e. The summed E-state index contributed by atoms with van der Waals surface area (Å²) in [6, 6.07) is 0. The number of ether oxygens (including phenoxy) is 1. The van der Waals surface area contributed by atoms with Crippen LogP contribution in [0.4, 0.5) is 0 Å². The Kier molecular flexibility index (Phi) is 6.91. The molecule has 0 atom stereocenters. The number of rotatable bonds is 6. The van der Waals surface area contributed by atoms with Crippen molar-refractivity contribution >= 4 is 11.8 Å². The predicted molar refractivity (Wildman–Crippen MR) is 87.4 cm³/mol. The van der Waals surface area contributed by atoms with E-state index in [1.54, 1.807) is 0 Å². The van der Waals surface area contributed by atoms with Crippen molar-refractivity contribution < 1.29 is 14.3 Å². The maximum absolute atomic E-state index is 12.1. The maximum Gasteiger partial charge on any atom is 0.313 e. The molecule has 2 aliphatic carbocycles. The van der Waals surface area contributed by atoms with Gasteiger partial charge in [-0.15, -0.1) is 0 Å². The summed E-state index contributed by atoms with van der Waals surface area (Å²) in [7, 11) is 1.35. The third-order valence-corrected chi connectivity index (χ3v) is 6.03. The minimum atomic E-state index is -0.388. The van der Waals surface area contributed by atoms with E-state index < -0.39 is 0 Å². The van der Waals surface area contributed by atoms with E-state index in [2.05, 4.69) is 11.7 Å². The Morgan fingerprint density at radius 2 is 1.45 bits per heavy atom. The lowest BCUT2D eigenvalue weighted by molar-refractivity contribution is -0.144. The fraction of sp³-hybridized carbons (Fsp3) is 0.895. The number of hydrogen-bond acceptors (Lipinski definition) is 3. The standard InChI is InChI=1S/C19H32O3/c1-3-4-14-5-7-15(8-6-14)16-9-11-17(12-10-16)18(20)13-19(21)22-2/h14-17H,3-13H2,1-2H3. The molecule has 0 radical (unpaired) electrons. The summed E-state index contributed by atoms with van der Waals surface area (Å²) in [4.78, 5) is 23.3. The molecule has 0 heterocycles. The summed E-state index contributed by atoms with van der Waals surface area (Å²) in [6.45, 7) is 2.29. The van der Waals surface area contributed by atoms with Crippen LogP contribution in [0.2, 0.25) is 0 Å². The van der Waals surface area contributed by atoms with Gasteiger partial charge in [-0.25, -0.2) is 0 Å². The Hall–Kier alpha value is -0.860. The Bertz CT molecular complexity index is 361. The van der Waals surface area contributed by atoms with E-state index in [0.29, 0.717) is 0 Å². The molecule has 126 valence electrons. The third-order valence-electron chi connectivity index (χ3n) is 6.03. The molecular formula is C19H32O3. The molecule has 0 amide bonds. The Morgan fingerprint density at radius 3 is 1.95 bits per heavy atom. The van der Waals surface area contributed by atoms with Gasteiger partial charge in [0.2, 0.25) is 0 Å². The monoisotopic (exact) mass is 308 g/mol. The van der Waals surface area contributed by atoms with E-state index in [9.17, 15) is 9.59 Å². The van der Waals surface area contributed by atoms with E-state index in [4.69, 9.17) is 0 Å². The highest BCUT2D eigenvalue weighted by Crippen LogP contribution is 2.42. The van der Waals surface area contributed by atoms with Gasteiger partial charge in [0.25, 0.3) is 0 Å². The van der Waals surface area contributed by atoms with Crippen LogP contribution in [-0.4, -0.2) is 18.9 Å². The average Bonchev–Trinajstić information content (AvgIpc) is 2.56. The third kappa shape index (κ3) is 4.82. The van der Waals surface area contributed by atoms with Crippen molar-refractivity contribution in [3.8, 4) is 0 Å². The van der Waals surface area contributed by atoms with Crippen LogP contribution in [0.3, 0.4) is 0 Å². The van der Waals surface area contributed by atoms with Gasteiger partial charge >= 0.3 is 5.97 Å². The summed E-state index contributed by atoms with van der Waals surface area (Å²) in [5, 5.41) is 0. The maximum atomic E-state index is 12.1. The normalized spacial score (nSPS) is 32.5. The molecule has 3 nitrogen and oxygen atoms in total. The molecule has 0 aromatic rings. The van der Waals surface area contributed by atoms with Gasteiger partial charge in [0.15, 0.2) is 0 Å². The minimum Gasteiger partial charge on any atom is -0.469 e. The highest BCUT2D eigenvalue weighted by Gasteiger charge is 2.33. The number of ketones is 1. The van der Waals surface area contributed by atoms with Gasteiger partial charge in [-0.1, -0.05) is 32.6 Å². The largest absolute Gasteiger partial charge is 0.469 e. The second-order valence-electron chi connectivity index (χ2n) is 7.40. The van der Waals surface area contributed by atoms with Gasteiger partial charge < -0.3 is 4.74 Å². The molecule has 2 saturated carbocycles. The second kappa shape index (κ2) is 8.69. The van der Waals surface area contributed by atoms with Crippen molar-refractivity contribution in [2.24, 2.45) is 23.7 Å². The summed E-state index contributed by atoms with van der Waals surface area (Å²) in [6.07, 6.45) is 12.6. The van der Waals surface area contributed by atoms with E-state index >= 15 is 0 Å². The zero-order valence-electron chi connectivity index (χ0n) is 14.3. The van der Waals surface area contributed by atoms with Crippen molar-refractivity contribution in [1.29, 1.82) is 0 Å². The van der Waals surface area contributed by atoms with Crippen molar-refractivity contribution in [3.63, 3.8) is 0 Å². The Balaban J connectivity index is 1.71. The number of Topliss-reactive ketones (excluding diaryl/α,β-unsaturated/α-hetero) is 1. The fourth-order valence-electron chi connectivity index (χ4n) is 4.63. The number of hydrogen-bond donors (Lipinski definition) is 0. The molecule has 0 unspecified atom stereocenters. The Labute approximate surface area is 135 Å². The van der Waals surface area contributed by atoms with Gasteiger partial charge in [-0.3, -0.25) is 9.59 Å². The molecule has 2 fully saturated rings. The lowest BCUT2D eigenvalue weighted by Crippen LogP contribution is -2.29. The molecule has 0 saturated heterocycles. The van der Waals surface area contributed by atoms with E-state index in [0.717, 1.165) is 30.6 Å². The highest BCUT2D eigenvalue weighted by atomic mass is 16.5. The number of esters is 1. The van der Waals surface area contributed by atoms with Gasteiger partial charge in [-0.05, 0) is 56.3 Å². The summed E-state index contributed by atoms with van der Waals surface area (Å²) in [5.74, 6) is 2.50. The quantitative estimate of drug-likeness (QED) is 0.535. The molecule has 0 N–H and O–H groups in total. The molecule has 0 bridgehead atoms. The lowest BCUT2D eigenvalue weighted by Gasteiger charge is -2.37. The molecule has 0 spiro atoms. The Morgan fingerprint density at radius 1 is 0.909 bits per heavy atom. The fourth-order valence-corrected chi connectivity index (χ4v) is 4.63. The highest BCUT2D eigenvalue weighted by molar-refractivity contribution is 5.96. The van der Waals surface area contributed by atoms with Crippen LogP contribution < -0.4 is 0 Å². The molecule has 0 aromatic heterocycles. The van der Waals surface area contributed by atoms with Crippen molar-refractivity contribution in [2.45, 2.75) is 77.6 Å². The topological polar surface area (TPSA) is 43.4 Å². The molecule has 3 heteroatoms. The SMILES string of the molecule is CCCC1CCC(C2CCC(C(=O)CC(=O)OC)CC2)CC1.